The van der Waals surface area contributed by atoms with Crippen molar-refractivity contribution >= 4 is 23.8 Å². The monoisotopic (exact) mass is 523 g/mol. The maximum Gasteiger partial charge on any atom is 0.277 e. The fourth-order valence-electron chi connectivity index (χ4n) is 4.85. The van der Waals surface area contributed by atoms with Gasteiger partial charge in [-0.25, -0.2) is 4.98 Å². The van der Waals surface area contributed by atoms with E-state index in [-0.39, 0.29) is 24.3 Å². The number of carbonyl (C=O) groups excluding carboxylic acids is 3. The Hall–Kier alpha value is -3.34. The minimum absolute atomic E-state index is 0.0583. The van der Waals surface area contributed by atoms with Crippen LogP contribution in [0.25, 0.3) is 6.08 Å². The number of nitrogens with one attached hydrogen (secondary N) is 1. The third kappa shape index (κ3) is 7.15. The van der Waals surface area contributed by atoms with Crippen molar-refractivity contribution in [1.82, 2.24) is 24.7 Å². The van der Waals surface area contributed by atoms with Crippen LogP contribution in [0.5, 0.6) is 0 Å². The minimum Gasteiger partial charge on any atom is -0.374 e. The number of imide groups is 1. The van der Waals surface area contributed by atoms with Crippen molar-refractivity contribution in [2.45, 2.75) is 52.4 Å². The zero-order chi connectivity index (χ0) is 27.1. The molecule has 0 spiro atoms. The van der Waals surface area contributed by atoms with Gasteiger partial charge in [0.2, 0.25) is 11.8 Å². The summed E-state index contributed by atoms with van der Waals surface area (Å²) in [6.45, 7) is 10.4. The van der Waals surface area contributed by atoms with Gasteiger partial charge in [-0.15, -0.1) is 0 Å². The molecule has 10 nitrogen and oxygen atoms in total. The number of piperazine rings is 1. The first-order valence-corrected chi connectivity index (χ1v) is 13.2. The number of ether oxygens (including phenoxy) is 2. The molecule has 1 N–H and O–H groups in total. The Bertz CT molecular complexity index is 1160. The van der Waals surface area contributed by atoms with E-state index in [2.05, 4.69) is 45.7 Å². The summed E-state index contributed by atoms with van der Waals surface area (Å²) in [6.07, 6.45) is 4.34. The Morgan fingerprint density at radius 1 is 1.24 bits per heavy atom. The van der Waals surface area contributed by atoms with E-state index in [1.54, 1.807) is 12.4 Å². The van der Waals surface area contributed by atoms with Gasteiger partial charge in [0.25, 0.3) is 5.91 Å². The van der Waals surface area contributed by atoms with Crippen molar-refractivity contribution < 1.29 is 23.9 Å². The largest absolute Gasteiger partial charge is 0.374 e. The standard InChI is InChI=1S/C28H37N5O5/c1-20(2)27-24(14-25-28(36)33(21(3)34)16-26(35)30-25)29-19-32(27)11-7-10-31-12-13-38-23(15-31)18-37-17-22-8-5-4-6-9-22/h4-6,8-9,14,19-20,23H,7,10-13,15-18H2,1-3H3,(H,30,35)/b25-14-. The summed E-state index contributed by atoms with van der Waals surface area (Å²) < 4.78 is 13.9. The Morgan fingerprint density at radius 3 is 2.76 bits per heavy atom. The average molecular weight is 524 g/mol. The lowest BCUT2D eigenvalue weighted by Gasteiger charge is -2.32. The molecule has 204 valence electrons. The van der Waals surface area contributed by atoms with E-state index < -0.39 is 17.7 Å². The molecule has 1 atom stereocenters. The van der Waals surface area contributed by atoms with Crippen molar-refractivity contribution in [1.29, 1.82) is 0 Å². The van der Waals surface area contributed by atoms with Gasteiger partial charge in [0.1, 0.15) is 12.2 Å². The molecule has 2 aliphatic rings. The third-order valence-electron chi connectivity index (χ3n) is 6.68. The lowest BCUT2D eigenvalue weighted by atomic mass is 10.1. The fourth-order valence-corrected chi connectivity index (χ4v) is 4.85. The topological polar surface area (TPSA) is 106 Å². The molecule has 2 aromatic rings. The highest BCUT2D eigenvalue weighted by molar-refractivity contribution is 6.12. The Kier molecular flexibility index (Phi) is 9.43. The number of aryl methyl sites for hydroxylation is 1. The lowest BCUT2D eigenvalue weighted by Crippen LogP contribution is -2.51. The zero-order valence-corrected chi connectivity index (χ0v) is 22.4. The fraction of sp³-hybridized carbons (Fsp3) is 0.500. The minimum atomic E-state index is -0.518. The smallest absolute Gasteiger partial charge is 0.277 e. The van der Waals surface area contributed by atoms with Crippen LogP contribution in [0.2, 0.25) is 0 Å². The van der Waals surface area contributed by atoms with Crippen molar-refractivity contribution in [3.05, 3.63) is 59.3 Å². The van der Waals surface area contributed by atoms with Gasteiger partial charge in [0.05, 0.1) is 37.9 Å². The summed E-state index contributed by atoms with van der Waals surface area (Å²) in [5.41, 5.74) is 2.82. The number of hydrogen-bond donors (Lipinski definition) is 1. The summed E-state index contributed by atoms with van der Waals surface area (Å²) in [4.78, 5) is 44.4. The molecular weight excluding hydrogens is 486 g/mol. The Balaban J connectivity index is 1.31. The number of amides is 3. The van der Waals surface area contributed by atoms with Crippen molar-refractivity contribution in [3.63, 3.8) is 0 Å². The van der Waals surface area contributed by atoms with Gasteiger partial charge in [-0.3, -0.25) is 24.2 Å². The van der Waals surface area contributed by atoms with Crippen molar-refractivity contribution in [2.75, 3.05) is 39.4 Å². The van der Waals surface area contributed by atoms with Gasteiger partial charge in [0, 0.05) is 38.8 Å². The molecule has 3 amide bonds. The first-order valence-electron chi connectivity index (χ1n) is 13.2. The van der Waals surface area contributed by atoms with Crippen LogP contribution in [-0.4, -0.2) is 82.6 Å². The molecule has 0 radical (unpaired) electrons. The van der Waals surface area contributed by atoms with E-state index in [1.807, 2.05) is 18.2 Å². The van der Waals surface area contributed by atoms with E-state index in [4.69, 9.17) is 9.47 Å². The maximum absolute atomic E-state index is 12.7. The Labute approximate surface area is 223 Å². The van der Waals surface area contributed by atoms with Gasteiger partial charge < -0.3 is 19.4 Å². The molecule has 2 saturated heterocycles. The van der Waals surface area contributed by atoms with E-state index in [0.717, 1.165) is 48.8 Å². The molecule has 1 unspecified atom stereocenters. The van der Waals surface area contributed by atoms with Crippen LogP contribution in [0.4, 0.5) is 0 Å². The molecule has 2 fully saturated rings. The SMILES string of the molecule is CC(=O)N1CC(=O)N/C(=C\c2ncn(CCCN3CCOC(COCc4ccccc4)C3)c2C(C)C)C1=O. The predicted molar refractivity (Wildman–Crippen MR) is 142 cm³/mol. The highest BCUT2D eigenvalue weighted by Crippen LogP contribution is 2.22. The summed E-state index contributed by atoms with van der Waals surface area (Å²) >= 11 is 0. The summed E-state index contributed by atoms with van der Waals surface area (Å²) in [5, 5.41) is 2.59. The molecule has 0 aliphatic carbocycles. The highest BCUT2D eigenvalue weighted by Gasteiger charge is 2.31. The van der Waals surface area contributed by atoms with Gasteiger partial charge in [0.15, 0.2) is 0 Å². The Morgan fingerprint density at radius 2 is 2.03 bits per heavy atom. The maximum atomic E-state index is 12.7. The molecule has 0 bridgehead atoms. The van der Waals surface area contributed by atoms with Crippen molar-refractivity contribution in [2.24, 2.45) is 0 Å². The first kappa shape index (κ1) is 27.7. The van der Waals surface area contributed by atoms with Crippen LogP contribution >= 0.6 is 0 Å². The molecule has 2 aliphatic heterocycles. The van der Waals surface area contributed by atoms with Crippen molar-refractivity contribution in [3.8, 4) is 0 Å². The number of morpholine rings is 1. The molecule has 4 rings (SSSR count). The first-order chi connectivity index (χ1) is 18.3. The van der Waals surface area contributed by atoms with Gasteiger partial charge >= 0.3 is 0 Å². The molecule has 1 aromatic carbocycles. The van der Waals surface area contributed by atoms with E-state index in [1.165, 1.54) is 6.92 Å². The van der Waals surface area contributed by atoms with E-state index >= 15 is 0 Å². The molecule has 1 aromatic heterocycles. The zero-order valence-electron chi connectivity index (χ0n) is 22.4. The van der Waals surface area contributed by atoms with Gasteiger partial charge in [-0.1, -0.05) is 44.2 Å². The number of hydrogen-bond acceptors (Lipinski definition) is 7. The summed E-state index contributed by atoms with van der Waals surface area (Å²) in [7, 11) is 0. The predicted octanol–water partition coefficient (Wildman–Crippen LogP) is 2.16. The van der Waals surface area contributed by atoms with Gasteiger partial charge in [-0.2, -0.15) is 0 Å². The second-order valence-electron chi connectivity index (χ2n) is 10.0. The van der Waals surface area contributed by atoms with Crippen LogP contribution in [0.1, 0.15) is 50.1 Å². The second kappa shape index (κ2) is 12.9. The summed E-state index contributed by atoms with van der Waals surface area (Å²) in [6, 6.07) is 10.1. The van der Waals surface area contributed by atoms with Crippen LogP contribution in [-0.2, 0) is 37.0 Å². The second-order valence-corrected chi connectivity index (χ2v) is 10.0. The van der Waals surface area contributed by atoms with Crippen LogP contribution in [0, 0.1) is 0 Å². The molecule has 3 heterocycles. The molecule has 38 heavy (non-hydrogen) atoms. The number of carbonyl (C=O) groups is 3. The normalized spacial score (nSPS) is 19.8. The summed E-state index contributed by atoms with van der Waals surface area (Å²) in [5.74, 6) is -1.22. The highest BCUT2D eigenvalue weighted by atomic mass is 16.5. The van der Waals surface area contributed by atoms with Crippen LogP contribution in [0.3, 0.4) is 0 Å². The van der Waals surface area contributed by atoms with Crippen LogP contribution < -0.4 is 5.32 Å². The number of imidazole rings is 1. The number of nitrogens with zero attached hydrogens (tertiary/aromatic N) is 4. The average Bonchev–Trinajstić information content (AvgIpc) is 3.29. The molecule has 0 saturated carbocycles. The van der Waals surface area contributed by atoms with E-state index in [0.29, 0.717) is 25.5 Å². The third-order valence-corrected chi connectivity index (χ3v) is 6.68. The number of aromatic nitrogens is 2. The lowest BCUT2D eigenvalue weighted by molar-refractivity contribution is -0.147. The van der Waals surface area contributed by atoms with Crippen LogP contribution in [0.15, 0.2) is 42.4 Å². The number of benzene rings is 1. The quantitative estimate of drug-likeness (QED) is 0.476. The molecule has 10 heteroatoms. The van der Waals surface area contributed by atoms with Gasteiger partial charge in [-0.05, 0) is 24.0 Å². The number of rotatable bonds is 10. The van der Waals surface area contributed by atoms with E-state index in [9.17, 15) is 14.4 Å². The molecular formula is C28H37N5O5.